The zero-order valence-corrected chi connectivity index (χ0v) is 19.1. The molecule has 1 saturated heterocycles. The Morgan fingerprint density at radius 1 is 1.28 bits per heavy atom. The van der Waals surface area contributed by atoms with Gasteiger partial charge in [0.15, 0.2) is 0 Å². The Bertz CT molecular complexity index is 811. The van der Waals surface area contributed by atoms with Gasteiger partial charge in [-0.1, -0.05) is 23.7 Å². The first-order valence-electron chi connectivity index (χ1n) is 9.61. The Morgan fingerprint density at radius 2 is 1.93 bits per heavy atom. The number of rotatable bonds is 9. The molecule has 29 heavy (non-hydrogen) atoms. The van der Waals surface area contributed by atoms with Gasteiger partial charge in [-0.2, -0.15) is 11.8 Å². The summed E-state index contributed by atoms with van der Waals surface area (Å²) in [5, 5.41) is 6.09. The highest BCUT2D eigenvalue weighted by Crippen LogP contribution is 2.17. The van der Waals surface area contributed by atoms with E-state index in [9.17, 15) is 18.0 Å². The predicted octanol–water partition coefficient (Wildman–Crippen LogP) is 2.12. The van der Waals surface area contributed by atoms with E-state index >= 15 is 0 Å². The van der Waals surface area contributed by atoms with Crippen molar-refractivity contribution >= 4 is 45.2 Å². The summed E-state index contributed by atoms with van der Waals surface area (Å²) in [6, 6.07) is 5.91. The minimum atomic E-state index is -3.20. The molecule has 162 valence electrons. The van der Waals surface area contributed by atoms with E-state index in [1.807, 2.05) is 6.26 Å². The molecule has 1 atom stereocenters. The molecule has 1 fully saturated rings. The number of nitrogens with zero attached hydrogens (tertiary/aromatic N) is 1. The van der Waals surface area contributed by atoms with Gasteiger partial charge in [0.05, 0.1) is 16.3 Å². The second kappa shape index (κ2) is 11.2. The maximum atomic E-state index is 12.8. The van der Waals surface area contributed by atoms with Gasteiger partial charge in [0, 0.05) is 19.1 Å². The average Bonchev–Trinajstić information content (AvgIpc) is 2.71. The van der Waals surface area contributed by atoms with Crippen molar-refractivity contribution in [2.24, 2.45) is 0 Å². The summed E-state index contributed by atoms with van der Waals surface area (Å²) in [5.74, 6) is 0.153. The van der Waals surface area contributed by atoms with E-state index in [1.165, 1.54) is 4.31 Å². The molecule has 1 heterocycles. The molecule has 0 spiro atoms. The van der Waals surface area contributed by atoms with Gasteiger partial charge in [0.25, 0.3) is 5.91 Å². The first-order valence-corrected chi connectivity index (χ1v) is 13.0. The lowest BCUT2D eigenvalue weighted by Crippen LogP contribution is -2.53. The van der Waals surface area contributed by atoms with Crippen LogP contribution < -0.4 is 10.6 Å². The number of nitrogens with one attached hydrogen (secondary N) is 2. The fourth-order valence-corrected chi connectivity index (χ4v) is 4.97. The van der Waals surface area contributed by atoms with Crippen LogP contribution in [0, 0.1) is 0 Å². The smallest absolute Gasteiger partial charge is 0.253 e. The predicted molar refractivity (Wildman–Crippen MR) is 118 cm³/mol. The second-order valence-corrected chi connectivity index (χ2v) is 10.5. The van der Waals surface area contributed by atoms with Gasteiger partial charge in [-0.3, -0.25) is 9.59 Å². The van der Waals surface area contributed by atoms with Gasteiger partial charge < -0.3 is 10.6 Å². The number of sulfonamides is 1. The molecule has 1 aromatic rings. The van der Waals surface area contributed by atoms with Crippen LogP contribution in [0.2, 0.25) is 5.02 Å². The van der Waals surface area contributed by atoms with Gasteiger partial charge in [-0.25, -0.2) is 12.7 Å². The molecule has 2 rings (SSSR count). The monoisotopic (exact) mass is 461 g/mol. The number of carbonyl (C=O) groups is 2. The maximum absolute atomic E-state index is 12.8. The van der Waals surface area contributed by atoms with Crippen LogP contribution in [0.1, 0.15) is 36.5 Å². The lowest BCUT2D eigenvalue weighted by molar-refractivity contribution is -0.124. The minimum absolute atomic E-state index is 0.0782. The van der Waals surface area contributed by atoms with Crippen LogP contribution in [0.5, 0.6) is 0 Å². The highest BCUT2D eigenvalue weighted by molar-refractivity contribution is 7.98. The fourth-order valence-electron chi connectivity index (χ4n) is 3.15. The van der Waals surface area contributed by atoms with Crippen molar-refractivity contribution in [1.29, 1.82) is 0 Å². The molecule has 2 amide bonds. The van der Waals surface area contributed by atoms with Gasteiger partial charge in [-0.15, -0.1) is 0 Å². The number of carbonyl (C=O) groups excluding carboxylic acids is 2. The molecule has 1 aliphatic rings. The van der Waals surface area contributed by atoms with Crippen LogP contribution in [0.3, 0.4) is 0 Å². The maximum Gasteiger partial charge on any atom is 0.253 e. The van der Waals surface area contributed by atoms with Crippen molar-refractivity contribution in [3.05, 3.63) is 34.9 Å². The first kappa shape index (κ1) is 24.0. The molecule has 1 aliphatic heterocycles. The number of piperidine rings is 1. The highest BCUT2D eigenvalue weighted by atomic mass is 35.5. The summed E-state index contributed by atoms with van der Waals surface area (Å²) in [6.07, 6.45) is 3.54. The third kappa shape index (κ3) is 6.87. The number of hydrogen-bond acceptors (Lipinski definition) is 5. The first-order chi connectivity index (χ1) is 13.8. The topological polar surface area (TPSA) is 95.6 Å². The third-order valence-corrected chi connectivity index (χ3v) is 7.76. The highest BCUT2D eigenvalue weighted by Gasteiger charge is 2.29. The standard InChI is InChI=1S/C19H28ClN3O4S2/c1-3-29(26,27)23-11-8-14(9-12-23)21-19(25)17(10-13-28-2)22-18(24)15-6-4-5-7-16(15)20/h4-7,14,17H,3,8-13H2,1-2H3,(H,21,25)(H,22,24). The van der Waals surface area contributed by atoms with Gasteiger partial charge in [0.2, 0.25) is 15.9 Å². The average molecular weight is 462 g/mol. The Balaban J connectivity index is 1.97. The van der Waals surface area contributed by atoms with Crippen LogP contribution >= 0.6 is 23.4 Å². The van der Waals surface area contributed by atoms with E-state index in [4.69, 9.17) is 11.6 Å². The van der Waals surface area contributed by atoms with Crippen molar-refractivity contribution in [2.45, 2.75) is 38.3 Å². The number of benzene rings is 1. The molecule has 2 N–H and O–H groups in total. The van der Waals surface area contributed by atoms with Crippen LogP contribution in [0.15, 0.2) is 24.3 Å². The van der Waals surface area contributed by atoms with E-state index in [0.717, 1.165) is 0 Å². The minimum Gasteiger partial charge on any atom is -0.351 e. The Hall–Kier alpha value is -1.29. The molecular weight excluding hydrogens is 434 g/mol. The molecule has 10 heteroatoms. The zero-order valence-electron chi connectivity index (χ0n) is 16.7. The molecule has 0 aromatic heterocycles. The van der Waals surface area contributed by atoms with E-state index in [1.54, 1.807) is 43.0 Å². The molecule has 0 aliphatic carbocycles. The summed E-state index contributed by atoms with van der Waals surface area (Å²) in [7, 11) is -3.20. The van der Waals surface area contributed by atoms with Crippen molar-refractivity contribution in [3.8, 4) is 0 Å². The lowest BCUT2D eigenvalue weighted by Gasteiger charge is -2.32. The molecule has 0 bridgehead atoms. The Labute approximate surface area is 182 Å². The summed E-state index contributed by atoms with van der Waals surface area (Å²) < 4.78 is 25.4. The fraction of sp³-hybridized carbons (Fsp3) is 0.579. The molecular formula is C19H28ClN3O4S2. The quantitative estimate of drug-likeness (QED) is 0.587. The molecule has 1 unspecified atom stereocenters. The number of halogens is 1. The van der Waals surface area contributed by atoms with Gasteiger partial charge in [-0.05, 0) is 50.3 Å². The number of amides is 2. The summed E-state index contributed by atoms with van der Waals surface area (Å²) in [5.41, 5.74) is 0.328. The van der Waals surface area contributed by atoms with E-state index in [0.29, 0.717) is 48.7 Å². The second-order valence-electron chi connectivity index (χ2n) is 6.87. The normalized spacial score (nSPS) is 16.9. The van der Waals surface area contributed by atoms with Crippen molar-refractivity contribution in [3.63, 3.8) is 0 Å². The van der Waals surface area contributed by atoms with Crippen LogP contribution in [0.25, 0.3) is 0 Å². The largest absolute Gasteiger partial charge is 0.351 e. The molecule has 7 nitrogen and oxygen atoms in total. The Kier molecular flexibility index (Phi) is 9.26. The van der Waals surface area contributed by atoms with Crippen LogP contribution in [-0.2, 0) is 14.8 Å². The van der Waals surface area contributed by atoms with Crippen LogP contribution in [-0.4, -0.2) is 67.5 Å². The summed E-state index contributed by atoms with van der Waals surface area (Å²) in [6.45, 7) is 2.41. The summed E-state index contributed by atoms with van der Waals surface area (Å²) >= 11 is 7.68. The van der Waals surface area contributed by atoms with Crippen molar-refractivity contribution < 1.29 is 18.0 Å². The number of thioether (sulfide) groups is 1. The third-order valence-electron chi connectivity index (χ3n) is 4.91. The van der Waals surface area contributed by atoms with Gasteiger partial charge in [0.1, 0.15) is 6.04 Å². The molecule has 0 saturated carbocycles. The van der Waals surface area contributed by atoms with E-state index in [2.05, 4.69) is 10.6 Å². The lowest BCUT2D eigenvalue weighted by atomic mass is 10.1. The molecule has 0 radical (unpaired) electrons. The zero-order chi connectivity index (χ0) is 21.4. The van der Waals surface area contributed by atoms with Crippen LogP contribution in [0.4, 0.5) is 0 Å². The Morgan fingerprint density at radius 3 is 2.52 bits per heavy atom. The SMILES string of the molecule is CCS(=O)(=O)N1CCC(NC(=O)C(CCSC)NC(=O)c2ccccc2Cl)CC1. The number of hydrogen-bond donors (Lipinski definition) is 2. The van der Waals surface area contributed by atoms with Crippen molar-refractivity contribution in [1.82, 2.24) is 14.9 Å². The molecule has 1 aromatic carbocycles. The van der Waals surface area contributed by atoms with E-state index in [-0.39, 0.29) is 23.6 Å². The summed E-state index contributed by atoms with van der Waals surface area (Å²) in [4.78, 5) is 25.4. The van der Waals surface area contributed by atoms with E-state index < -0.39 is 16.1 Å². The van der Waals surface area contributed by atoms with Gasteiger partial charge >= 0.3 is 0 Å². The van der Waals surface area contributed by atoms with Crippen molar-refractivity contribution in [2.75, 3.05) is 30.9 Å².